The number of nitrogens with zero attached hydrogens (tertiary/aromatic N) is 2. The minimum absolute atomic E-state index is 0. The van der Waals surface area contributed by atoms with Crippen LogP contribution in [0.2, 0.25) is 0 Å². The van der Waals surface area contributed by atoms with E-state index in [9.17, 15) is 24.0 Å². The van der Waals surface area contributed by atoms with Crippen molar-refractivity contribution in [2.45, 2.75) is 233 Å². The van der Waals surface area contributed by atoms with E-state index in [0.717, 1.165) is 81.1 Å². The molecule has 0 radical (unpaired) electrons. The van der Waals surface area contributed by atoms with Crippen molar-refractivity contribution in [3.63, 3.8) is 0 Å². The Morgan fingerprint density at radius 2 is 1.15 bits per heavy atom. The number of halogens is 1. The second-order valence-electron chi connectivity index (χ2n) is 18.2. The van der Waals surface area contributed by atoms with Gasteiger partial charge in [-0.2, -0.15) is 6.42 Å². The van der Waals surface area contributed by atoms with Crippen molar-refractivity contribution in [2.75, 3.05) is 47.0 Å². The van der Waals surface area contributed by atoms with Gasteiger partial charge in [0.15, 0.2) is 0 Å². The standard InChI is InChI=1S/C36H61N2O5S.C17H31O3.HI.Li/c1-5-7-9-11-13-16-20-30(21-17-14-12-10-8-6-2)35(40)42-26-19-15-18-22-34(39)38-24-23-31-32(29-44-33(31)28-38)36(41)43-27-25-37(3)4;1-2-3-4-5-6-7-8-9-13-16-20-17(19)14-11-10-12-15-18;;/h30H,5-28H2,1-4H3;2-14,16H2,1H3;1H;/q2*-1;;+1/p-1. The number of fused-ring (bicyclic) bond motifs is 1. The molecule has 1 aromatic rings. The van der Waals surface area contributed by atoms with Crippen LogP contribution in [-0.2, 0) is 46.4 Å². The molecule has 378 valence electrons. The van der Waals surface area contributed by atoms with Crippen molar-refractivity contribution in [2.24, 2.45) is 5.92 Å². The van der Waals surface area contributed by atoms with Crippen molar-refractivity contribution in [3.8, 4) is 0 Å². The number of ether oxygens (including phenoxy) is 3. The van der Waals surface area contributed by atoms with Gasteiger partial charge in [-0.25, -0.2) is 0 Å². The van der Waals surface area contributed by atoms with Gasteiger partial charge in [0.1, 0.15) is 0 Å². The summed E-state index contributed by atoms with van der Waals surface area (Å²) in [6.45, 7) is 9.90. The van der Waals surface area contributed by atoms with Gasteiger partial charge in [-0.3, -0.25) is 32.0 Å². The Morgan fingerprint density at radius 3 is 1.70 bits per heavy atom. The summed E-state index contributed by atoms with van der Waals surface area (Å²) in [5.74, 6) is -0.278. The molecular weight excluding hydrogens is 959 g/mol. The van der Waals surface area contributed by atoms with Gasteiger partial charge in [-0.1, -0.05) is 178 Å². The quantitative estimate of drug-likeness (QED) is 0.0169. The average Bonchev–Trinajstić information content (AvgIpc) is 3.72. The van der Waals surface area contributed by atoms with E-state index in [2.05, 4.69) is 26.2 Å². The summed E-state index contributed by atoms with van der Waals surface area (Å²) in [5.41, 5.74) is 1.52. The van der Waals surface area contributed by atoms with E-state index >= 15 is 0 Å². The summed E-state index contributed by atoms with van der Waals surface area (Å²) < 4.78 is 16.3. The maximum absolute atomic E-state index is 12.9. The monoisotopic (exact) mass is 1050 g/mol. The molecule has 2 heterocycles. The molecule has 0 N–H and O–H groups in total. The van der Waals surface area contributed by atoms with Crippen LogP contribution < -0.4 is 42.8 Å². The first-order chi connectivity index (χ1) is 31.2. The Morgan fingerprint density at radius 1 is 0.652 bits per heavy atom. The van der Waals surface area contributed by atoms with Crippen molar-refractivity contribution in [1.29, 1.82) is 0 Å². The van der Waals surface area contributed by atoms with Gasteiger partial charge in [0.25, 0.3) is 0 Å². The van der Waals surface area contributed by atoms with Crippen LogP contribution in [0, 0.1) is 11.3 Å². The molecule has 0 saturated heterocycles. The molecule has 66 heavy (non-hydrogen) atoms. The molecule has 0 spiro atoms. The molecule has 1 aromatic heterocycles. The molecule has 0 fully saturated rings. The Hall–Kier alpha value is -1.46. The Kier molecular flexibility index (Phi) is 47.7. The number of carbonyl (C=O) groups excluding carboxylic acids is 5. The van der Waals surface area contributed by atoms with Gasteiger partial charge in [0.2, 0.25) is 11.9 Å². The van der Waals surface area contributed by atoms with Crippen molar-refractivity contribution < 1.29 is 81.0 Å². The van der Waals surface area contributed by atoms with E-state index in [0.29, 0.717) is 70.7 Å². The van der Waals surface area contributed by atoms with E-state index in [1.807, 2.05) is 30.2 Å². The van der Waals surface area contributed by atoms with E-state index in [-0.39, 0.29) is 72.6 Å². The van der Waals surface area contributed by atoms with Crippen LogP contribution in [-0.4, -0.2) is 86.9 Å². The number of amides is 1. The van der Waals surface area contributed by atoms with Crippen LogP contribution in [0.25, 0.3) is 0 Å². The first kappa shape index (κ1) is 66.6. The Balaban J connectivity index is 0. The molecule has 1 aliphatic heterocycles. The number of hydrogen-bond donors (Lipinski definition) is 0. The predicted octanol–water partition coefficient (Wildman–Crippen LogP) is 7.11. The van der Waals surface area contributed by atoms with E-state index in [4.69, 9.17) is 14.2 Å². The van der Waals surface area contributed by atoms with Crippen LogP contribution in [0.1, 0.15) is 241 Å². The third kappa shape index (κ3) is 35.6. The molecule has 0 aliphatic carbocycles. The van der Waals surface area contributed by atoms with E-state index < -0.39 is 0 Å². The number of hydrogen-bond acceptors (Lipinski definition) is 10. The third-order valence-electron chi connectivity index (χ3n) is 12.1. The first-order valence-corrected chi connectivity index (χ1v) is 26.8. The van der Waals surface area contributed by atoms with Crippen molar-refractivity contribution >= 4 is 41.4 Å². The zero-order chi connectivity index (χ0) is 46.9. The van der Waals surface area contributed by atoms with Crippen LogP contribution in [0.5, 0.6) is 0 Å². The molecular formula is C53H92ILiN2O8S-2. The topological polar surface area (TPSA) is 120 Å². The Labute approximate surface area is 436 Å². The summed E-state index contributed by atoms with van der Waals surface area (Å²) in [7, 11) is 3.89. The third-order valence-corrected chi connectivity index (χ3v) is 13.0. The molecule has 0 bridgehead atoms. The molecule has 1 aliphatic rings. The maximum Gasteiger partial charge on any atom is 1.00 e. The fraction of sp³-hybridized carbons (Fsp3) is 0.830. The maximum atomic E-state index is 12.9. The number of carbonyl (C=O) groups is 4. The molecule has 0 unspecified atom stereocenters. The number of esters is 3. The number of unbranched alkanes of at least 4 members (excludes halogenated alkanes) is 22. The zero-order valence-corrected chi connectivity index (χ0v) is 45.9. The van der Waals surface area contributed by atoms with E-state index in [1.54, 1.807) is 0 Å². The summed E-state index contributed by atoms with van der Waals surface area (Å²) in [5, 5.41) is 3.11. The minimum Gasteiger partial charge on any atom is -1.00 e. The second-order valence-corrected chi connectivity index (χ2v) is 19.1. The molecule has 13 heteroatoms. The second kappa shape index (κ2) is 47.2. The van der Waals surface area contributed by atoms with Crippen LogP contribution in [0.4, 0.5) is 0 Å². The summed E-state index contributed by atoms with van der Waals surface area (Å²) in [6.07, 6.45) is 36.0. The summed E-state index contributed by atoms with van der Waals surface area (Å²) in [4.78, 5) is 64.5. The first-order valence-electron chi connectivity index (χ1n) is 26.0. The number of likely N-dealkylation sites (N-methyl/N-ethyl adjacent to an activating group) is 1. The zero-order valence-electron chi connectivity index (χ0n) is 42.9. The SMILES string of the molecule is CCCCCCCCC(CCCCCCCC)C(=O)OCCCCCC(=O)N1CCc2c(C(=O)OCCN(C)C)[c-]sc2C1.CCCCCCCCCCCOC(=O)CCCC[C-]=O.[I-].[Li+]. The van der Waals surface area contributed by atoms with Crippen LogP contribution in [0.3, 0.4) is 0 Å². The molecule has 1 amide bonds. The summed E-state index contributed by atoms with van der Waals surface area (Å²) >= 11 is 1.42. The fourth-order valence-electron chi connectivity index (χ4n) is 7.90. The van der Waals surface area contributed by atoms with Crippen molar-refractivity contribution in [3.05, 3.63) is 21.4 Å². The number of rotatable bonds is 40. The van der Waals surface area contributed by atoms with Gasteiger partial charge >= 0.3 is 30.8 Å². The van der Waals surface area contributed by atoms with Gasteiger partial charge < -0.3 is 57.6 Å². The number of thiophene rings is 1. The van der Waals surface area contributed by atoms with Crippen LogP contribution in [0.15, 0.2) is 0 Å². The molecule has 2 rings (SSSR count). The smallest absolute Gasteiger partial charge is 1.00 e. The Bertz CT molecular complexity index is 1330. The molecule has 0 atom stereocenters. The molecule has 0 saturated carbocycles. The van der Waals surface area contributed by atoms with Gasteiger partial charge in [0.05, 0.1) is 25.7 Å². The summed E-state index contributed by atoms with van der Waals surface area (Å²) in [6, 6.07) is 0. The predicted molar refractivity (Wildman–Crippen MR) is 262 cm³/mol. The van der Waals surface area contributed by atoms with Gasteiger partial charge in [0, 0.05) is 32.5 Å². The average molecular weight is 1050 g/mol. The van der Waals surface area contributed by atoms with Crippen LogP contribution >= 0.6 is 11.3 Å². The minimum atomic E-state index is -0.319. The normalized spacial score (nSPS) is 11.8. The largest absolute Gasteiger partial charge is 1.00 e. The van der Waals surface area contributed by atoms with E-state index in [1.165, 1.54) is 120 Å². The fourth-order valence-corrected chi connectivity index (χ4v) is 8.88. The van der Waals surface area contributed by atoms with Gasteiger partial charge in [-0.05, 0) is 59.0 Å². The van der Waals surface area contributed by atoms with Gasteiger partial charge in [-0.15, -0.1) is 5.56 Å². The molecule has 0 aromatic carbocycles. The van der Waals surface area contributed by atoms with Crippen molar-refractivity contribution in [1.82, 2.24) is 9.80 Å². The molecule has 10 nitrogen and oxygen atoms in total.